The summed E-state index contributed by atoms with van der Waals surface area (Å²) in [4.78, 5) is 37.0. The molecular weight excluding hydrogens is 576 g/mol. The zero-order valence-corrected chi connectivity index (χ0v) is 25.5. The molecule has 0 radical (unpaired) electrons. The van der Waals surface area contributed by atoms with E-state index in [4.69, 9.17) is 23.7 Å². The maximum Gasteiger partial charge on any atom is 0.343 e. The number of hydrogen-bond acceptors (Lipinski definition) is 8. The lowest BCUT2D eigenvalue weighted by molar-refractivity contribution is -0.696. The van der Waals surface area contributed by atoms with Crippen molar-refractivity contribution in [1.82, 2.24) is 4.57 Å². The molecule has 0 saturated heterocycles. The second-order valence-corrected chi connectivity index (χ2v) is 10.0. The van der Waals surface area contributed by atoms with Crippen molar-refractivity contribution in [3.8, 4) is 23.0 Å². The standard InChI is InChI=1S/C35H35N2O8/c1-6-36-17-18-37(23-36)19-20-41-29-11-7-27(8-12-29)34(39)44-31-15-16-32(26(5)25(31)4)45-35(40)28-9-13-30(14-10-28)42-21-22-43-33(38)24(2)3/h6-18,23H,1-2,19-22H2,3-5H3/q+1. The lowest BCUT2D eigenvalue weighted by Crippen LogP contribution is -2.34. The number of hydrogen-bond donors (Lipinski definition) is 0. The zero-order chi connectivity index (χ0) is 32.3. The predicted molar refractivity (Wildman–Crippen MR) is 166 cm³/mol. The van der Waals surface area contributed by atoms with Crippen LogP contribution in [-0.4, -0.2) is 42.3 Å². The lowest BCUT2D eigenvalue weighted by Gasteiger charge is -2.14. The molecule has 0 N–H and O–H groups in total. The average molecular weight is 612 g/mol. The second-order valence-electron chi connectivity index (χ2n) is 10.0. The summed E-state index contributed by atoms with van der Waals surface area (Å²) in [6.45, 7) is 13.7. The van der Waals surface area contributed by atoms with Gasteiger partial charge in [-0.1, -0.05) is 13.2 Å². The first kappa shape index (κ1) is 32.3. The van der Waals surface area contributed by atoms with Crippen LogP contribution in [0.1, 0.15) is 38.8 Å². The topological polar surface area (TPSA) is 106 Å². The fraction of sp³-hybridized carbons (Fsp3) is 0.200. The van der Waals surface area contributed by atoms with E-state index in [2.05, 4.69) is 13.2 Å². The van der Waals surface area contributed by atoms with Crippen molar-refractivity contribution in [2.24, 2.45) is 0 Å². The van der Waals surface area contributed by atoms with Gasteiger partial charge in [-0.05, 0) is 92.6 Å². The first-order valence-electron chi connectivity index (χ1n) is 14.2. The maximum atomic E-state index is 12.8. The molecule has 4 rings (SSSR count). The number of aromatic nitrogens is 2. The van der Waals surface area contributed by atoms with Gasteiger partial charge in [0.25, 0.3) is 0 Å². The van der Waals surface area contributed by atoms with Crippen molar-refractivity contribution >= 4 is 24.1 Å². The summed E-state index contributed by atoms with van der Waals surface area (Å²) in [5, 5.41) is 0. The minimum absolute atomic E-state index is 0.0769. The van der Waals surface area contributed by atoms with Crippen molar-refractivity contribution in [2.45, 2.75) is 27.3 Å². The van der Waals surface area contributed by atoms with Crippen LogP contribution in [0.3, 0.4) is 0 Å². The van der Waals surface area contributed by atoms with Gasteiger partial charge in [-0.15, -0.1) is 0 Å². The van der Waals surface area contributed by atoms with Gasteiger partial charge in [-0.3, -0.25) is 0 Å². The first-order chi connectivity index (χ1) is 21.6. The molecule has 0 fully saturated rings. The fourth-order valence-electron chi connectivity index (χ4n) is 4.02. The Kier molecular flexibility index (Phi) is 10.9. The van der Waals surface area contributed by atoms with Gasteiger partial charge in [0, 0.05) is 5.57 Å². The van der Waals surface area contributed by atoms with Gasteiger partial charge in [0.15, 0.2) is 0 Å². The van der Waals surface area contributed by atoms with Crippen LogP contribution in [0.15, 0.2) is 98.1 Å². The van der Waals surface area contributed by atoms with Gasteiger partial charge in [0.1, 0.15) is 61.8 Å². The number of esters is 3. The van der Waals surface area contributed by atoms with Gasteiger partial charge >= 0.3 is 17.9 Å². The predicted octanol–water partition coefficient (Wildman–Crippen LogP) is 5.51. The zero-order valence-electron chi connectivity index (χ0n) is 25.5. The highest BCUT2D eigenvalue weighted by molar-refractivity contribution is 5.92. The highest BCUT2D eigenvalue weighted by Crippen LogP contribution is 2.30. The van der Waals surface area contributed by atoms with Crippen LogP contribution in [0.2, 0.25) is 0 Å². The van der Waals surface area contributed by atoms with Crippen LogP contribution < -0.4 is 23.5 Å². The molecule has 10 heteroatoms. The molecule has 4 aromatic rings. The molecule has 232 valence electrons. The van der Waals surface area contributed by atoms with E-state index in [0.717, 1.165) is 0 Å². The molecule has 3 aromatic carbocycles. The highest BCUT2D eigenvalue weighted by atomic mass is 16.6. The van der Waals surface area contributed by atoms with Crippen molar-refractivity contribution < 1.29 is 42.6 Å². The van der Waals surface area contributed by atoms with Crippen LogP contribution >= 0.6 is 0 Å². The first-order valence-corrected chi connectivity index (χ1v) is 14.2. The number of rotatable bonds is 14. The Labute approximate surface area is 261 Å². The average Bonchev–Trinajstić information content (AvgIpc) is 3.51. The largest absolute Gasteiger partial charge is 0.490 e. The van der Waals surface area contributed by atoms with E-state index in [0.29, 0.717) is 64.0 Å². The minimum Gasteiger partial charge on any atom is -0.490 e. The normalized spacial score (nSPS) is 10.5. The number of ether oxygens (including phenoxy) is 5. The van der Waals surface area contributed by atoms with Crippen molar-refractivity contribution in [1.29, 1.82) is 0 Å². The molecule has 45 heavy (non-hydrogen) atoms. The molecule has 0 unspecified atom stereocenters. The number of nitrogens with zero attached hydrogens (tertiary/aromatic N) is 2. The molecular formula is C35H35N2O8+. The summed E-state index contributed by atoms with van der Waals surface area (Å²) in [6.07, 6.45) is 7.44. The summed E-state index contributed by atoms with van der Waals surface area (Å²) >= 11 is 0. The smallest absolute Gasteiger partial charge is 0.343 e. The Morgan fingerprint density at radius 2 is 1.29 bits per heavy atom. The summed E-state index contributed by atoms with van der Waals surface area (Å²) in [7, 11) is 0. The highest BCUT2D eigenvalue weighted by Gasteiger charge is 2.17. The van der Waals surface area contributed by atoms with Gasteiger partial charge in [-0.25, -0.2) is 23.5 Å². The van der Waals surface area contributed by atoms with E-state index in [9.17, 15) is 14.4 Å². The molecule has 1 heterocycles. The van der Waals surface area contributed by atoms with Crippen LogP contribution in [0, 0.1) is 13.8 Å². The van der Waals surface area contributed by atoms with Crippen molar-refractivity contribution in [3.05, 3.63) is 120 Å². The van der Waals surface area contributed by atoms with Crippen LogP contribution in [0.4, 0.5) is 0 Å². The summed E-state index contributed by atoms with van der Waals surface area (Å²) in [6, 6.07) is 16.3. The molecule has 0 atom stereocenters. The number of carbonyl (C=O) groups excluding carboxylic acids is 3. The monoisotopic (exact) mass is 611 g/mol. The fourth-order valence-corrected chi connectivity index (χ4v) is 4.02. The van der Waals surface area contributed by atoms with Crippen LogP contribution in [-0.2, 0) is 16.1 Å². The summed E-state index contributed by atoms with van der Waals surface area (Å²) in [5.41, 5.74) is 2.32. The number of carbonyl (C=O) groups is 3. The van der Waals surface area contributed by atoms with E-state index in [-0.39, 0.29) is 13.2 Å². The Balaban J connectivity index is 1.27. The SMILES string of the molecule is C=Cn1cc[n+](CCOc2ccc(C(=O)Oc3ccc(OC(=O)c4ccc(OCCOC(=O)C(=C)C)cc4)c(C)c3C)cc2)c1. The van der Waals surface area contributed by atoms with E-state index in [1.54, 1.807) is 87.6 Å². The van der Waals surface area contributed by atoms with E-state index in [1.807, 2.05) is 27.9 Å². The van der Waals surface area contributed by atoms with Crippen molar-refractivity contribution in [3.63, 3.8) is 0 Å². The number of imidazole rings is 1. The molecule has 0 aliphatic rings. The lowest BCUT2D eigenvalue weighted by atomic mass is 10.1. The summed E-state index contributed by atoms with van der Waals surface area (Å²) in [5.74, 6) is 0.290. The third-order valence-electron chi connectivity index (χ3n) is 6.75. The third-order valence-corrected chi connectivity index (χ3v) is 6.75. The van der Waals surface area contributed by atoms with Crippen LogP contribution in [0.5, 0.6) is 23.0 Å². The molecule has 0 saturated carbocycles. The second kappa shape index (κ2) is 15.2. The molecule has 10 nitrogen and oxygen atoms in total. The van der Waals surface area contributed by atoms with Gasteiger partial charge in [0.2, 0.25) is 6.33 Å². The van der Waals surface area contributed by atoms with Crippen LogP contribution in [0.25, 0.3) is 6.20 Å². The molecule has 0 aliphatic carbocycles. The van der Waals surface area contributed by atoms with E-state index >= 15 is 0 Å². The maximum absolute atomic E-state index is 12.8. The Bertz CT molecular complexity index is 1690. The van der Waals surface area contributed by atoms with Crippen molar-refractivity contribution in [2.75, 3.05) is 19.8 Å². The van der Waals surface area contributed by atoms with E-state index < -0.39 is 17.9 Å². The van der Waals surface area contributed by atoms with Gasteiger partial charge in [0.05, 0.1) is 17.3 Å². The summed E-state index contributed by atoms with van der Waals surface area (Å²) < 4.78 is 31.4. The van der Waals surface area contributed by atoms with E-state index in [1.165, 1.54) is 0 Å². The van der Waals surface area contributed by atoms with Gasteiger partial charge in [-0.2, -0.15) is 0 Å². The quantitative estimate of drug-likeness (QED) is 0.0605. The minimum atomic E-state index is -0.555. The molecule has 0 amide bonds. The number of benzene rings is 3. The Morgan fingerprint density at radius 1 is 0.778 bits per heavy atom. The van der Waals surface area contributed by atoms with Gasteiger partial charge < -0.3 is 23.7 Å². The Morgan fingerprint density at radius 3 is 1.76 bits per heavy atom. The Hall–Kier alpha value is -5.64. The molecule has 0 spiro atoms. The third kappa shape index (κ3) is 8.93. The molecule has 1 aromatic heterocycles. The molecule has 0 aliphatic heterocycles. The molecule has 0 bridgehead atoms.